The van der Waals surface area contributed by atoms with Crippen molar-refractivity contribution in [2.75, 3.05) is 20.7 Å². The van der Waals surface area contributed by atoms with Crippen LogP contribution in [0.5, 0.6) is 11.5 Å². The third kappa shape index (κ3) is 6.07. The van der Waals surface area contributed by atoms with E-state index in [-0.39, 0.29) is 24.2 Å². The van der Waals surface area contributed by atoms with Gasteiger partial charge in [0, 0.05) is 36.3 Å². The number of rotatable bonds is 6. The molecule has 2 saturated carbocycles. The zero-order chi connectivity index (χ0) is 32.7. The van der Waals surface area contributed by atoms with Gasteiger partial charge in [0.15, 0.2) is 0 Å². The normalized spacial score (nSPS) is 27.5. The number of fused-ring (bicyclic) bond motifs is 3. The minimum absolute atomic E-state index is 0.132. The summed E-state index contributed by atoms with van der Waals surface area (Å²) in [5.74, 6) is -2.04. The van der Waals surface area contributed by atoms with Crippen molar-refractivity contribution in [2.24, 2.45) is 17.8 Å². The van der Waals surface area contributed by atoms with Crippen LogP contribution in [0.15, 0.2) is 35.7 Å². The highest BCUT2D eigenvalue weighted by Gasteiger charge is 2.61. The quantitative estimate of drug-likeness (QED) is 0.303. The van der Waals surface area contributed by atoms with Crippen molar-refractivity contribution in [3.05, 3.63) is 46.4 Å². The second-order valence-electron chi connectivity index (χ2n) is 12.9. The maximum absolute atomic E-state index is 13.8. The van der Waals surface area contributed by atoms with Gasteiger partial charge in [-0.25, -0.2) is 14.8 Å². The fraction of sp³-hybridized carbons (Fsp3) is 0.500. The summed E-state index contributed by atoms with van der Waals surface area (Å²) in [6.45, 7) is 4.74. The van der Waals surface area contributed by atoms with Crippen molar-refractivity contribution in [3.8, 4) is 22.2 Å². The van der Waals surface area contributed by atoms with E-state index in [1.165, 1.54) is 11.3 Å². The molecule has 46 heavy (non-hydrogen) atoms. The summed E-state index contributed by atoms with van der Waals surface area (Å²) in [4.78, 5) is 51.3. The molecule has 2 aliphatic carbocycles. The standard InChI is InChI=1S/C34H39ClN4O6S/c1-18(2)25-17-46-31(37-25)24-15-27(21-10-11-26(44-4)28(35)29(21)36-24)45-20-13-22-23(14-20)32(41)39(3)12-8-6-5-7-9-19-16-34(19,33(42)43)38-30(22)40/h7,9-11,15,17-20,22-23H,5-6,8,12-14,16H2,1-4H3,(H,38,40)(H,42,43)/b9-7-/t19-,20+,22+,23+,34+/m0/s1. The van der Waals surface area contributed by atoms with Gasteiger partial charge in [0.1, 0.15) is 38.9 Å². The van der Waals surface area contributed by atoms with E-state index in [4.69, 9.17) is 31.0 Å². The van der Waals surface area contributed by atoms with Gasteiger partial charge in [0.25, 0.3) is 0 Å². The van der Waals surface area contributed by atoms with Crippen LogP contribution in [-0.2, 0) is 14.4 Å². The van der Waals surface area contributed by atoms with Gasteiger partial charge in [-0.3, -0.25) is 9.59 Å². The molecule has 0 spiro atoms. The number of aromatic nitrogens is 2. The van der Waals surface area contributed by atoms with Crippen LogP contribution >= 0.6 is 22.9 Å². The van der Waals surface area contributed by atoms with Crippen LogP contribution in [0.2, 0.25) is 5.02 Å². The summed E-state index contributed by atoms with van der Waals surface area (Å²) >= 11 is 8.24. The summed E-state index contributed by atoms with van der Waals surface area (Å²) in [7, 11) is 3.31. The third-order valence-corrected chi connectivity index (χ3v) is 10.7. The monoisotopic (exact) mass is 666 g/mol. The number of nitrogens with one attached hydrogen (secondary N) is 1. The lowest BCUT2D eigenvalue weighted by Gasteiger charge is -2.26. The topological polar surface area (TPSA) is 131 Å². The average molecular weight is 667 g/mol. The number of carboxylic acid groups (broad SMARTS) is 1. The van der Waals surface area contributed by atoms with E-state index in [2.05, 4.69) is 19.2 Å². The molecular formula is C34H39ClN4O6S. The van der Waals surface area contributed by atoms with Gasteiger partial charge in [-0.2, -0.15) is 0 Å². The lowest BCUT2D eigenvalue weighted by Crippen LogP contribution is -2.49. The predicted molar refractivity (Wildman–Crippen MR) is 176 cm³/mol. The Bertz CT molecular complexity index is 1710. The fourth-order valence-corrected chi connectivity index (χ4v) is 7.84. The van der Waals surface area contributed by atoms with Crippen molar-refractivity contribution < 1.29 is 29.0 Å². The van der Waals surface area contributed by atoms with Crippen LogP contribution in [0.25, 0.3) is 21.6 Å². The molecular weight excluding hydrogens is 628 g/mol. The Balaban J connectivity index is 1.35. The van der Waals surface area contributed by atoms with E-state index in [1.54, 1.807) is 25.1 Å². The average Bonchev–Trinajstić information content (AvgIpc) is 3.33. The van der Waals surface area contributed by atoms with E-state index in [1.807, 2.05) is 29.7 Å². The number of allylic oxidation sites excluding steroid dienone is 1. The molecule has 0 saturated heterocycles. The summed E-state index contributed by atoms with van der Waals surface area (Å²) in [6, 6.07) is 5.42. The van der Waals surface area contributed by atoms with Gasteiger partial charge in [-0.1, -0.05) is 37.6 Å². The Labute approximate surface area is 277 Å². The molecule has 6 rings (SSSR count). The number of aliphatic carboxylic acids is 1. The zero-order valence-corrected chi connectivity index (χ0v) is 28.0. The van der Waals surface area contributed by atoms with E-state index >= 15 is 0 Å². The number of thiazole rings is 1. The lowest BCUT2D eigenvalue weighted by molar-refractivity contribution is -0.145. The Kier molecular flexibility index (Phi) is 9.00. The van der Waals surface area contributed by atoms with Gasteiger partial charge in [0.05, 0.1) is 30.2 Å². The fourth-order valence-electron chi connectivity index (χ4n) is 6.61. The number of pyridine rings is 1. The van der Waals surface area contributed by atoms with Gasteiger partial charge in [0.2, 0.25) is 11.8 Å². The number of halogens is 1. The molecule has 2 fully saturated rings. The summed E-state index contributed by atoms with van der Waals surface area (Å²) < 4.78 is 12.1. The molecule has 0 unspecified atom stereocenters. The molecule has 0 radical (unpaired) electrons. The molecule has 3 heterocycles. The first-order valence-corrected chi connectivity index (χ1v) is 17.0. The minimum atomic E-state index is -1.34. The molecule has 0 bridgehead atoms. The van der Waals surface area contributed by atoms with Crippen LogP contribution in [0, 0.1) is 17.8 Å². The number of carbonyl (C=O) groups excluding carboxylic acids is 2. The molecule has 10 nitrogen and oxygen atoms in total. The van der Waals surface area contributed by atoms with E-state index in [0.717, 1.165) is 30.0 Å². The number of hydrogen-bond donors (Lipinski definition) is 2. The number of amides is 2. The molecule has 2 N–H and O–H groups in total. The second-order valence-corrected chi connectivity index (χ2v) is 14.1. The number of ether oxygens (including phenoxy) is 2. The molecule has 2 aromatic heterocycles. The Morgan fingerprint density at radius 1 is 1.17 bits per heavy atom. The van der Waals surface area contributed by atoms with Gasteiger partial charge in [-0.05, 0) is 56.6 Å². The molecule has 5 atom stereocenters. The lowest BCUT2D eigenvalue weighted by atomic mass is 9.93. The number of methoxy groups -OCH3 is 1. The molecule has 1 aromatic carbocycles. The third-order valence-electron chi connectivity index (χ3n) is 9.47. The van der Waals surface area contributed by atoms with Crippen LogP contribution in [0.1, 0.15) is 64.0 Å². The molecule has 244 valence electrons. The van der Waals surface area contributed by atoms with Crippen molar-refractivity contribution >= 4 is 51.6 Å². The van der Waals surface area contributed by atoms with Crippen LogP contribution in [-0.4, -0.2) is 70.1 Å². The maximum atomic E-state index is 13.8. The van der Waals surface area contributed by atoms with Gasteiger partial charge >= 0.3 is 5.97 Å². The number of carbonyl (C=O) groups is 3. The molecule has 12 heteroatoms. The Morgan fingerprint density at radius 2 is 1.96 bits per heavy atom. The molecule has 1 aliphatic heterocycles. The van der Waals surface area contributed by atoms with E-state index in [9.17, 15) is 19.5 Å². The summed E-state index contributed by atoms with van der Waals surface area (Å²) in [6.07, 6.45) is 6.79. The van der Waals surface area contributed by atoms with Crippen molar-refractivity contribution in [2.45, 2.75) is 69.9 Å². The first-order chi connectivity index (χ1) is 22.0. The van der Waals surface area contributed by atoms with Crippen molar-refractivity contribution in [1.82, 2.24) is 20.2 Å². The highest BCUT2D eigenvalue weighted by Crippen LogP contribution is 2.47. The second kappa shape index (κ2) is 12.8. The first-order valence-electron chi connectivity index (χ1n) is 15.8. The van der Waals surface area contributed by atoms with Gasteiger partial charge < -0.3 is 24.8 Å². The first kappa shape index (κ1) is 32.2. The SMILES string of the molecule is COc1ccc2c(O[C@@H]3C[C@H]4C(=O)N[C@]5(C(=O)O)C[C@@H]5/C=C\CCCCN(C)C(=O)[C@@H]4C3)cc(-c3nc(C(C)C)cs3)nc2c1Cl. The van der Waals surface area contributed by atoms with Crippen LogP contribution in [0.3, 0.4) is 0 Å². The molecule has 3 aromatic rings. The molecule has 2 amide bonds. The summed E-state index contributed by atoms with van der Waals surface area (Å²) in [5.41, 5.74) is 0.705. The number of nitrogens with zero attached hydrogens (tertiary/aromatic N) is 3. The van der Waals surface area contributed by atoms with Crippen molar-refractivity contribution in [1.29, 1.82) is 0 Å². The number of hydrogen-bond acceptors (Lipinski definition) is 8. The van der Waals surface area contributed by atoms with Crippen LogP contribution < -0.4 is 14.8 Å². The van der Waals surface area contributed by atoms with E-state index < -0.39 is 35.4 Å². The largest absolute Gasteiger partial charge is 0.495 e. The molecule has 3 aliphatic rings. The van der Waals surface area contributed by atoms with Crippen molar-refractivity contribution in [3.63, 3.8) is 0 Å². The van der Waals surface area contributed by atoms with Crippen LogP contribution in [0.4, 0.5) is 0 Å². The predicted octanol–water partition coefficient (Wildman–Crippen LogP) is 6.08. The Morgan fingerprint density at radius 3 is 2.67 bits per heavy atom. The minimum Gasteiger partial charge on any atom is -0.495 e. The number of carboxylic acids is 1. The zero-order valence-electron chi connectivity index (χ0n) is 26.4. The Hall–Kier alpha value is -3.70. The van der Waals surface area contributed by atoms with Gasteiger partial charge in [-0.15, -0.1) is 11.3 Å². The highest BCUT2D eigenvalue weighted by atomic mass is 35.5. The highest BCUT2D eigenvalue weighted by molar-refractivity contribution is 7.13. The number of benzene rings is 1. The van der Waals surface area contributed by atoms with E-state index in [0.29, 0.717) is 52.5 Å². The summed E-state index contributed by atoms with van der Waals surface area (Å²) in [5, 5.41) is 16.7. The maximum Gasteiger partial charge on any atom is 0.330 e. The smallest absolute Gasteiger partial charge is 0.330 e.